The van der Waals surface area contributed by atoms with Crippen LogP contribution in [0.2, 0.25) is 0 Å². The molecule has 3 aromatic heterocycles. The van der Waals surface area contributed by atoms with Gasteiger partial charge in [0.2, 0.25) is 0 Å². The molecule has 334 valence electrons. The zero-order chi connectivity index (χ0) is 46.2. The van der Waals surface area contributed by atoms with E-state index in [1.54, 1.807) is 0 Å². The van der Waals surface area contributed by atoms with Crippen LogP contribution in [0.25, 0.3) is 154 Å². The Kier molecular flexibility index (Phi) is 9.14. The normalized spacial score (nSPS) is 12.0. The first kappa shape index (κ1) is 41.3. The smallest absolute Gasteiger partial charge is 0.656 e. The maximum Gasteiger partial charge on any atom is 2.00 e. The largest absolute Gasteiger partial charge is 2.00 e. The maximum atomic E-state index is 15.0. The van der Waals surface area contributed by atoms with Crippen molar-refractivity contribution in [2.45, 2.75) is 0 Å². The van der Waals surface area contributed by atoms with E-state index < -0.39 is 0 Å². The SMILES string of the molecule is Fc1ccc(-c2c3nc(nc4[n-]c(c(-c5ccc(F)cc5)c5nc(cc6[n-]c2c2cc7ccccc7cc62)-c2cc6ccccc6cc2-5)c2cc5ccccc5cc42)-c2cc4ccccc4cc2-3)cc1.[Pt+2]. The van der Waals surface area contributed by atoms with Crippen LogP contribution in [0.5, 0.6) is 0 Å². The van der Waals surface area contributed by atoms with E-state index in [-0.39, 0.29) is 32.7 Å². The van der Waals surface area contributed by atoms with Gasteiger partial charge in [0.25, 0.3) is 0 Å². The second-order valence-corrected chi connectivity index (χ2v) is 18.3. The molecule has 0 spiro atoms. The molecule has 71 heavy (non-hydrogen) atoms. The molecule has 0 unspecified atom stereocenters. The van der Waals surface area contributed by atoms with E-state index in [1.165, 1.54) is 24.3 Å². The minimum Gasteiger partial charge on any atom is -0.656 e. The van der Waals surface area contributed by atoms with Crippen molar-refractivity contribution in [3.05, 3.63) is 212 Å². The van der Waals surface area contributed by atoms with Gasteiger partial charge in [0.1, 0.15) is 11.6 Å². The average Bonchev–Trinajstić information content (AvgIpc) is 4.13. The Morgan fingerprint density at radius 1 is 0.338 bits per heavy atom. The molecule has 8 heteroatoms. The number of benzene rings is 10. The van der Waals surface area contributed by atoms with Gasteiger partial charge in [0.05, 0.1) is 22.9 Å². The van der Waals surface area contributed by atoms with Crippen molar-refractivity contribution in [3.63, 3.8) is 0 Å². The predicted molar refractivity (Wildman–Crippen MR) is 281 cm³/mol. The van der Waals surface area contributed by atoms with Gasteiger partial charge in [-0.2, -0.15) is 0 Å². The zero-order valence-corrected chi connectivity index (χ0v) is 39.6. The summed E-state index contributed by atoms with van der Waals surface area (Å²) in [5.41, 5.74) is 11.3. The molecule has 8 bridgehead atoms. The summed E-state index contributed by atoms with van der Waals surface area (Å²) in [7, 11) is 0. The molecule has 0 fully saturated rings. The molecule has 0 aliphatic carbocycles. The molecule has 2 aliphatic rings. The summed E-state index contributed by atoms with van der Waals surface area (Å²) in [6.07, 6.45) is 0. The van der Waals surface area contributed by atoms with Gasteiger partial charge in [0.15, 0.2) is 0 Å². The molecular formula is C63H33F2N5Pt. The zero-order valence-electron chi connectivity index (χ0n) is 37.4. The van der Waals surface area contributed by atoms with Crippen LogP contribution < -0.4 is 9.97 Å². The number of rotatable bonds is 2. The minimum atomic E-state index is -0.341. The van der Waals surface area contributed by atoms with Crippen molar-refractivity contribution in [1.82, 2.24) is 24.9 Å². The molecule has 2 aliphatic heterocycles. The number of nitrogens with zero attached hydrogens (tertiary/aromatic N) is 5. The quantitative estimate of drug-likeness (QED) is 0.173. The first-order valence-electron chi connectivity index (χ1n) is 23.3. The summed E-state index contributed by atoms with van der Waals surface area (Å²) in [4.78, 5) is 27.9. The van der Waals surface area contributed by atoms with E-state index >= 15 is 0 Å². The van der Waals surface area contributed by atoms with Gasteiger partial charge in [-0.1, -0.05) is 121 Å². The second-order valence-electron chi connectivity index (χ2n) is 18.3. The third kappa shape index (κ3) is 6.43. The monoisotopic (exact) mass is 1090 g/mol. The molecule has 10 aromatic carbocycles. The summed E-state index contributed by atoms with van der Waals surface area (Å²) in [6.45, 7) is 0. The van der Waals surface area contributed by atoms with Crippen LogP contribution in [0.1, 0.15) is 0 Å². The predicted octanol–water partition coefficient (Wildman–Crippen LogP) is 16.2. The second kappa shape index (κ2) is 15.7. The van der Waals surface area contributed by atoms with E-state index in [1.807, 2.05) is 72.8 Å². The minimum absolute atomic E-state index is 0. The van der Waals surface area contributed by atoms with Crippen LogP contribution in [0, 0.1) is 11.6 Å². The van der Waals surface area contributed by atoms with Gasteiger partial charge in [-0.3, -0.25) is 4.98 Å². The van der Waals surface area contributed by atoms with Crippen molar-refractivity contribution in [3.8, 4) is 67.4 Å². The summed E-state index contributed by atoms with van der Waals surface area (Å²) >= 11 is 0. The van der Waals surface area contributed by atoms with Crippen molar-refractivity contribution in [2.24, 2.45) is 0 Å². The Hall–Kier alpha value is -8.64. The fraction of sp³-hybridized carbons (Fsp3) is 0. The number of hydrogen-bond donors (Lipinski definition) is 0. The van der Waals surface area contributed by atoms with Crippen LogP contribution >= 0.6 is 0 Å². The molecule has 0 saturated heterocycles. The van der Waals surface area contributed by atoms with Crippen LogP contribution in [-0.4, -0.2) is 15.0 Å². The number of halogens is 2. The standard InChI is InChI=1S/C63H33F2N5.Pt/c64-44-21-17-34(18-22-44)56-58-48-27-38-11-3-1-9-36(38)25-46(48)54(66-58)33-55-47-26-37-10-2-4-12-39(37)28-49(47)59(67-55)57(35-19-23-45(65)24-20-35)61-51-30-41-14-6-8-16-43(41)32-53(51)63(69-61)70-62-52-31-42-15-7-5-13-40(42)29-50(52)60(56)68-62;/h1-33H;/q-2;+2. The first-order valence-corrected chi connectivity index (χ1v) is 23.3. The van der Waals surface area contributed by atoms with Crippen LogP contribution in [-0.2, 0) is 21.1 Å². The number of hydrogen-bond acceptors (Lipinski definition) is 3. The van der Waals surface area contributed by atoms with Gasteiger partial charge >= 0.3 is 21.1 Å². The Morgan fingerprint density at radius 2 is 0.732 bits per heavy atom. The van der Waals surface area contributed by atoms with Crippen molar-refractivity contribution in [1.29, 1.82) is 0 Å². The average molecular weight is 1090 g/mol. The van der Waals surface area contributed by atoms with Gasteiger partial charge < -0.3 is 15.0 Å². The molecule has 0 saturated carbocycles. The number of fused-ring (bicyclic) bond motifs is 24. The third-order valence-corrected chi connectivity index (χ3v) is 14.2. The van der Waals surface area contributed by atoms with Crippen molar-refractivity contribution >= 4 is 86.8 Å². The molecule has 0 atom stereocenters. The molecule has 0 amide bonds. The fourth-order valence-corrected chi connectivity index (χ4v) is 10.9. The molecule has 15 rings (SSSR count). The van der Waals surface area contributed by atoms with Gasteiger partial charge in [-0.05, 0) is 171 Å². The summed E-state index contributed by atoms with van der Waals surface area (Å²) < 4.78 is 30.0. The molecule has 5 heterocycles. The Bertz CT molecular complexity index is 4320. The molecule has 5 nitrogen and oxygen atoms in total. The Labute approximate surface area is 418 Å². The summed E-state index contributed by atoms with van der Waals surface area (Å²) in [6, 6.07) is 66.0. The Balaban J connectivity index is 0.00000470. The first-order chi connectivity index (χ1) is 34.5. The summed E-state index contributed by atoms with van der Waals surface area (Å²) in [5.74, 6) is -0.193. The molecule has 0 radical (unpaired) electrons. The number of aromatic nitrogens is 5. The van der Waals surface area contributed by atoms with Crippen LogP contribution in [0.15, 0.2) is 200 Å². The van der Waals surface area contributed by atoms with E-state index in [4.69, 9.17) is 24.9 Å². The molecular weight excluding hydrogens is 1060 g/mol. The molecule has 0 N–H and O–H groups in total. The van der Waals surface area contributed by atoms with Crippen molar-refractivity contribution in [2.75, 3.05) is 0 Å². The van der Waals surface area contributed by atoms with Gasteiger partial charge in [-0.25, -0.2) is 13.8 Å². The van der Waals surface area contributed by atoms with E-state index in [0.29, 0.717) is 33.9 Å². The van der Waals surface area contributed by atoms with Crippen LogP contribution in [0.4, 0.5) is 8.78 Å². The Morgan fingerprint density at radius 3 is 1.25 bits per heavy atom. The van der Waals surface area contributed by atoms with E-state index in [0.717, 1.165) is 120 Å². The van der Waals surface area contributed by atoms with Crippen LogP contribution in [0.3, 0.4) is 0 Å². The van der Waals surface area contributed by atoms with E-state index in [9.17, 15) is 8.78 Å². The topological polar surface area (TPSA) is 66.9 Å². The molecule has 13 aromatic rings. The van der Waals surface area contributed by atoms with Crippen molar-refractivity contribution < 1.29 is 29.8 Å². The fourth-order valence-electron chi connectivity index (χ4n) is 10.9. The van der Waals surface area contributed by atoms with Gasteiger partial charge in [0, 0.05) is 27.8 Å². The maximum absolute atomic E-state index is 15.0. The third-order valence-electron chi connectivity index (χ3n) is 14.2. The van der Waals surface area contributed by atoms with Gasteiger partial charge in [-0.15, -0.1) is 11.0 Å². The summed E-state index contributed by atoms with van der Waals surface area (Å²) in [5, 5.41) is 12.0. The van der Waals surface area contributed by atoms with E-state index in [2.05, 4.69) is 103 Å².